The van der Waals surface area contributed by atoms with E-state index >= 15 is 0 Å². The minimum Gasteiger partial charge on any atom is -0.493 e. The van der Waals surface area contributed by atoms with E-state index in [4.69, 9.17) is 9.47 Å². The van der Waals surface area contributed by atoms with Gasteiger partial charge >= 0.3 is 5.97 Å². The number of aromatic nitrogens is 2. The summed E-state index contributed by atoms with van der Waals surface area (Å²) in [7, 11) is 1.46. The fourth-order valence-electron chi connectivity index (χ4n) is 3.02. The molecule has 26 heavy (non-hydrogen) atoms. The highest BCUT2D eigenvalue weighted by Gasteiger charge is 2.26. The number of para-hydroxylation sites is 1. The molecule has 1 amide bonds. The number of nitrogens with one attached hydrogen (secondary N) is 1. The molecular formula is C19H23N3O4. The average molecular weight is 357 g/mol. The van der Waals surface area contributed by atoms with E-state index in [1.165, 1.54) is 7.11 Å². The average Bonchev–Trinajstić information content (AvgIpc) is 3.31. The molecule has 1 aliphatic carbocycles. The maximum absolute atomic E-state index is 12.5. The number of benzene rings is 1. The van der Waals surface area contributed by atoms with Crippen molar-refractivity contribution in [3.05, 3.63) is 42.2 Å². The van der Waals surface area contributed by atoms with E-state index in [0.717, 1.165) is 31.4 Å². The van der Waals surface area contributed by atoms with Crippen LogP contribution in [0.2, 0.25) is 0 Å². The molecule has 1 fully saturated rings. The van der Waals surface area contributed by atoms with E-state index in [1.807, 2.05) is 30.3 Å². The lowest BCUT2D eigenvalue weighted by atomic mass is 10.2. The molecular weight excluding hydrogens is 334 g/mol. The second kappa shape index (κ2) is 8.03. The number of esters is 1. The van der Waals surface area contributed by atoms with Gasteiger partial charge in [0.25, 0.3) is 5.91 Å². The lowest BCUT2D eigenvalue weighted by Crippen LogP contribution is -2.40. The Kier molecular flexibility index (Phi) is 5.55. The van der Waals surface area contributed by atoms with E-state index in [0.29, 0.717) is 5.75 Å². The van der Waals surface area contributed by atoms with Crippen molar-refractivity contribution in [1.29, 1.82) is 0 Å². The highest BCUT2D eigenvalue weighted by atomic mass is 16.6. The number of nitrogens with zero attached hydrogens (tertiary/aromatic N) is 2. The zero-order valence-electron chi connectivity index (χ0n) is 15.0. The number of amides is 1. The summed E-state index contributed by atoms with van der Waals surface area (Å²) in [4.78, 5) is 24.7. The lowest BCUT2D eigenvalue weighted by Gasteiger charge is -2.16. The number of hydrogen-bond donors (Lipinski definition) is 1. The van der Waals surface area contributed by atoms with Crippen LogP contribution in [0.3, 0.4) is 0 Å². The molecule has 1 aromatic carbocycles. The second-order valence-corrected chi connectivity index (χ2v) is 6.36. The van der Waals surface area contributed by atoms with Crippen molar-refractivity contribution < 1.29 is 19.1 Å². The smallest absolute Gasteiger partial charge is 0.363 e. The van der Waals surface area contributed by atoms with Gasteiger partial charge < -0.3 is 14.8 Å². The third-order valence-electron chi connectivity index (χ3n) is 4.47. The molecule has 1 atom stereocenters. The Morgan fingerprint density at radius 2 is 1.92 bits per heavy atom. The summed E-state index contributed by atoms with van der Waals surface area (Å²) in [5.41, 5.74) is 0.828. The van der Waals surface area contributed by atoms with Crippen LogP contribution in [-0.2, 0) is 9.53 Å². The van der Waals surface area contributed by atoms with Crippen LogP contribution < -0.4 is 10.1 Å². The Morgan fingerprint density at radius 3 is 2.58 bits per heavy atom. The molecule has 0 aliphatic heterocycles. The summed E-state index contributed by atoms with van der Waals surface area (Å²) in [6, 6.07) is 9.53. The van der Waals surface area contributed by atoms with E-state index < -0.39 is 12.1 Å². The van der Waals surface area contributed by atoms with Gasteiger partial charge in [0.15, 0.2) is 11.9 Å². The van der Waals surface area contributed by atoms with Crippen molar-refractivity contribution in [3.8, 4) is 11.4 Å². The minimum absolute atomic E-state index is 0.0388. The lowest BCUT2D eigenvalue weighted by molar-refractivity contribution is -0.129. The largest absolute Gasteiger partial charge is 0.493 e. The molecule has 0 radical (unpaired) electrons. The van der Waals surface area contributed by atoms with Crippen LogP contribution in [0.5, 0.6) is 5.75 Å². The number of hydrogen-bond acceptors (Lipinski definition) is 5. The van der Waals surface area contributed by atoms with Crippen molar-refractivity contribution in [2.45, 2.75) is 44.8 Å². The van der Waals surface area contributed by atoms with Gasteiger partial charge in [-0.1, -0.05) is 31.0 Å². The fraction of sp³-hybridized carbons (Fsp3) is 0.421. The topological polar surface area (TPSA) is 82.5 Å². The third-order valence-corrected chi connectivity index (χ3v) is 4.47. The third kappa shape index (κ3) is 4.04. The van der Waals surface area contributed by atoms with E-state index in [2.05, 4.69) is 10.4 Å². The molecule has 1 N–H and O–H groups in total. The molecule has 138 valence electrons. The predicted octanol–water partition coefficient (Wildman–Crippen LogP) is 2.49. The van der Waals surface area contributed by atoms with E-state index in [-0.39, 0.29) is 17.6 Å². The molecule has 0 saturated heterocycles. The maximum Gasteiger partial charge on any atom is 0.363 e. The van der Waals surface area contributed by atoms with Crippen molar-refractivity contribution in [3.63, 3.8) is 0 Å². The summed E-state index contributed by atoms with van der Waals surface area (Å²) in [6.07, 6.45) is 4.90. The molecule has 7 nitrogen and oxygen atoms in total. The molecule has 3 rings (SSSR count). The SMILES string of the molecule is COc1cn(-c2ccccc2)nc1C(=O)O[C@@H](C)C(=O)NC1CCCC1. The normalized spacial score (nSPS) is 15.5. The minimum atomic E-state index is -0.894. The van der Waals surface area contributed by atoms with Crippen LogP contribution >= 0.6 is 0 Å². The molecule has 0 spiro atoms. The Hall–Kier alpha value is -2.83. The summed E-state index contributed by atoms with van der Waals surface area (Å²) in [6.45, 7) is 1.56. The first kappa shape index (κ1) is 18.0. The molecule has 1 aromatic heterocycles. The van der Waals surface area contributed by atoms with Crippen LogP contribution in [-0.4, -0.2) is 40.9 Å². The van der Waals surface area contributed by atoms with Crippen molar-refractivity contribution in [1.82, 2.24) is 15.1 Å². The first-order chi connectivity index (χ1) is 12.6. The first-order valence-electron chi connectivity index (χ1n) is 8.79. The summed E-state index contributed by atoms with van der Waals surface area (Å²) in [5, 5.41) is 7.17. The molecule has 1 heterocycles. The highest BCUT2D eigenvalue weighted by molar-refractivity contribution is 5.93. The first-order valence-corrected chi connectivity index (χ1v) is 8.79. The standard InChI is InChI=1S/C19H23N3O4/c1-13(18(23)20-14-8-6-7-9-14)26-19(24)17-16(25-2)12-22(21-17)15-10-4-3-5-11-15/h3-5,10-14H,6-9H2,1-2H3,(H,20,23)/t13-/m0/s1. The van der Waals surface area contributed by atoms with Gasteiger partial charge in [-0.05, 0) is 31.9 Å². The van der Waals surface area contributed by atoms with Crippen LogP contribution in [0.4, 0.5) is 0 Å². The number of methoxy groups -OCH3 is 1. The van der Waals surface area contributed by atoms with Crippen molar-refractivity contribution >= 4 is 11.9 Å². The van der Waals surface area contributed by atoms with Gasteiger partial charge in [0, 0.05) is 6.04 Å². The molecule has 0 unspecified atom stereocenters. The number of carbonyl (C=O) groups is 2. The Balaban J connectivity index is 1.68. The Morgan fingerprint density at radius 1 is 1.23 bits per heavy atom. The zero-order chi connectivity index (χ0) is 18.5. The van der Waals surface area contributed by atoms with Gasteiger partial charge in [-0.25, -0.2) is 9.48 Å². The summed E-state index contributed by atoms with van der Waals surface area (Å²) in [5.74, 6) is -0.681. The van der Waals surface area contributed by atoms with Gasteiger partial charge in [-0.3, -0.25) is 4.79 Å². The van der Waals surface area contributed by atoms with Gasteiger partial charge in [0.05, 0.1) is 19.0 Å². The van der Waals surface area contributed by atoms with Gasteiger partial charge in [0.2, 0.25) is 5.69 Å². The van der Waals surface area contributed by atoms with Crippen LogP contribution in [0, 0.1) is 0 Å². The Labute approximate surface area is 152 Å². The van der Waals surface area contributed by atoms with Crippen molar-refractivity contribution in [2.75, 3.05) is 7.11 Å². The van der Waals surface area contributed by atoms with Crippen LogP contribution in [0.15, 0.2) is 36.5 Å². The number of rotatable bonds is 6. The van der Waals surface area contributed by atoms with E-state index in [1.54, 1.807) is 17.8 Å². The summed E-state index contributed by atoms with van der Waals surface area (Å²) >= 11 is 0. The maximum atomic E-state index is 12.5. The van der Waals surface area contributed by atoms with Gasteiger partial charge in [-0.2, -0.15) is 5.10 Å². The monoisotopic (exact) mass is 357 g/mol. The molecule has 1 aliphatic rings. The van der Waals surface area contributed by atoms with Crippen molar-refractivity contribution in [2.24, 2.45) is 0 Å². The molecule has 7 heteroatoms. The zero-order valence-corrected chi connectivity index (χ0v) is 15.0. The quantitative estimate of drug-likeness (QED) is 0.803. The molecule has 0 bridgehead atoms. The van der Waals surface area contributed by atoms with Gasteiger partial charge in [-0.15, -0.1) is 0 Å². The van der Waals surface area contributed by atoms with E-state index in [9.17, 15) is 9.59 Å². The Bertz CT molecular complexity index is 766. The number of ether oxygens (including phenoxy) is 2. The molecule has 2 aromatic rings. The second-order valence-electron chi connectivity index (χ2n) is 6.36. The number of carbonyl (C=O) groups excluding carboxylic acids is 2. The fourth-order valence-corrected chi connectivity index (χ4v) is 3.02. The highest BCUT2D eigenvalue weighted by Crippen LogP contribution is 2.21. The summed E-state index contributed by atoms with van der Waals surface area (Å²) < 4.78 is 12.1. The van der Waals surface area contributed by atoms with Crippen LogP contribution in [0.25, 0.3) is 5.69 Å². The predicted molar refractivity (Wildman–Crippen MR) is 95.4 cm³/mol. The van der Waals surface area contributed by atoms with Gasteiger partial charge in [0.1, 0.15) is 0 Å². The van der Waals surface area contributed by atoms with Crippen LogP contribution in [0.1, 0.15) is 43.1 Å². The molecule has 1 saturated carbocycles.